The molecule has 0 radical (unpaired) electrons. The van der Waals surface area contributed by atoms with Crippen molar-refractivity contribution in [3.63, 3.8) is 0 Å². The zero-order valence-electron chi connectivity index (χ0n) is 25.4. The van der Waals surface area contributed by atoms with E-state index in [9.17, 15) is 22.0 Å². The van der Waals surface area contributed by atoms with Gasteiger partial charge in [0.25, 0.3) is 10.0 Å². The lowest BCUT2D eigenvalue weighted by Crippen LogP contribution is -2.40. The van der Waals surface area contributed by atoms with Gasteiger partial charge in [0.05, 0.1) is 45.6 Å². The highest BCUT2D eigenvalue weighted by atomic mass is 35.5. The molecule has 4 aromatic carbocycles. The number of halogens is 3. The Morgan fingerprint density at radius 2 is 1.41 bits per heavy atom. The quantitative estimate of drug-likeness (QED) is 0.172. The Morgan fingerprint density at radius 1 is 0.804 bits per heavy atom. The van der Waals surface area contributed by atoms with Gasteiger partial charge >= 0.3 is 6.03 Å². The summed E-state index contributed by atoms with van der Waals surface area (Å²) in [6.07, 6.45) is -0.306. The first-order valence-electron chi connectivity index (χ1n) is 13.7. The highest BCUT2D eigenvalue weighted by Gasteiger charge is 2.29. The number of amides is 2. The van der Waals surface area contributed by atoms with Crippen LogP contribution in [0.25, 0.3) is 0 Å². The van der Waals surface area contributed by atoms with Crippen LogP contribution in [0.5, 0.6) is 23.0 Å². The average Bonchev–Trinajstić information content (AvgIpc) is 3.04. The lowest BCUT2D eigenvalue weighted by molar-refractivity contribution is 0.252. The lowest BCUT2D eigenvalue weighted by Gasteiger charge is -2.27. The van der Waals surface area contributed by atoms with Crippen LogP contribution < -0.4 is 33.9 Å². The van der Waals surface area contributed by atoms with Crippen molar-refractivity contribution in [1.82, 2.24) is 5.32 Å². The van der Waals surface area contributed by atoms with Crippen molar-refractivity contribution in [2.75, 3.05) is 51.2 Å². The largest absolute Gasteiger partial charge is 0.493 e. The molecule has 0 aliphatic heterocycles. The molecule has 0 aliphatic carbocycles. The maximum Gasteiger partial charge on any atom is 0.319 e. The first-order valence-corrected chi connectivity index (χ1v) is 15.6. The molecule has 0 fully saturated rings. The third-order valence-corrected chi connectivity index (χ3v) is 8.97. The number of carbonyl (C=O) groups excluding carboxylic acids is 1. The Hall–Kier alpha value is -4.75. The van der Waals surface area contributed by atoms with Crippen LogP contribution in [-0.2, 0) is 16.4 Å². The van der Waals surface area contributed by atoms with Gasteiger partial charge in [-0.2, -0.15) is 0 Å². The molecule has 0 unspecified atom stereocenters. The normalized spacial score (nSPS) is 11.0. The van der Waals surface area contributed by atoms with Gasteiger partial charge in [-0.1, -0.05) is 17.7 Å². The van der Waals surface area contributed by atoms with Gasteiger partial charge in [-0.05, 0) is 60.2 Å². The summed E-state index contributed by atoms with van der Waals surface area (Å²) in [6.45, 7) is -0.438. The number of hydrogen-bond acceptors (Lipinski definition) is 7. The number of rotatable bonds is 13. The second-order valence-electron chi connectivity index (χ2n) is 9.69. The minimum absolute atomic E-state index is 0.101. The van der Waals surface area contributed by atoms with E-state index in [0.717, 1.165) is 16.4 Å². The predicted molar refractivity (Wildman–Crippen MR) is 171 cm³/mol. The summed E-state index contributed by atoms with van der Waals surface area (Å²) >= 11 is 6.27. The first kappa shape index (κ1) is 34.1. The molecule has 0 saturated carbocycles. The van der Waals surface area contributed by atoms with Gasteiger partial charge in [0, 0.05) is 41.4 Å². The number of benzene rings is 4. The number of methoxy groups -OCH3 is 4. The van der Waals surface area contributed by atoms with Crippen molar-refractivity contribution in [2.45, 2.75) is 11.3 Å². The molecule has 4 rings (SSSR count). The van der Waals surface area contributed by atoms with E-state index in [-0.39, 0.29) is 52.0 Å². The SMILES string of the molecule is COc1ccc(NC(=O)NCCN(c2ccc(Cl)cc2Cc2c(F)cccc2F)S(=O)(=O)c2ccc(OC)c(OC)c2)cc1OC. The van der Waals surface area contributed by atoms with Crippen molar-refractivity contribution in [1.29, 1.82) is 0 Å². The number of anilines is 2. The number of carbonyl (C=O) groups is 1. The van der Waals surface area contributed by atoms with Crippen LogP contribution in [0.15, 0.2) is 77.7 Å². The molecule has 0 spiro atoms. The van der Waals surface area contributed by atoms with Gasteiger partial charge in [-0.15, -0.1) is 0 Å². The summed E-state index contributed by atoms with van der Waals surface area (Å²) in [7, 11) is 1.36. The third kappa shape index (κ3) is 7.72. The number of nitrogens with zero attached hydrogens (tertiary/aromatic N) is 1. The van der Waals surface area contributed by atoms with Crippen LogP contribution >= 0.6 is 11.6 Å². The number of hydrogen-bond donors (Lipinski definition) is 2. The molecular weight excluding hydrogens is 644 g/mol. The van der Waals surface area contributed by atoms with E-state index in [1.54, 1.807) is 18.2 Å². The standard InChI is InChI=1S/C32H32ClF2N3O7S/c1-42-28-12-9-22(18-30(28)44-3)37-32(39)36-14-15-38(46(40,41)23-10-13-29(43-2)31(19-23)45-4)27-11-8-21(33)16-20(27)17-24-25(34)6-5-7-26(24)35/h5-13,16,18-19H,14-15,17H2,1-4H3,(H2,36,37,39). The van der Waals surface area contributed by atoms with E-state index in [4.69, 9.17) is 30.5 Å². The monoisotopic (exact) mass is 675 g/mol. The van der Waals surface area contributed by atoms with E-state index in [0.29, 0.717) is 22.9 Å². The molecule has 244 valence electrons. The minimum atomic E-state index is -4.37. The summed E-state index contributed by atoms with van der Waals surface area (Å²) < 4.78 is 79.9. The van der Waals surface area contributed by atoms with E-state index in [1.165, 1.54) is 70.9 Å². The zero-order valence-corrected chi connectivity index (χ0v) is 27.0. The summed E-state index contributed by atoms with van der Waals surface area (Å²) in [4.78, 5) is 12.6. The van der Waals surface area contributed by atoms with Crippen molar-refractivity contribution in [3.05, 3.63) is 101 Å². The van der Waals surface area contributed by atoms with E-state index in [2.05, 4.69) is 10.6 Å². The van der Waals surface area contributed by atoms with Crippen LogP contribution in [-0.4, -0.2) is 56.0 Å². The van der Waals surface area contributed by atoms with Crippen LogP contribution in [0.3, 0.4) is 0 Å². The Labute approximate surface area is 270 Å². The Balaban J connectivity index is 1.69. The molecule has 4 aromatic rings. The number of sulfonamides is 1. The van der Waals surface area contributed by atoms with Crippen LogP contribution in [0.4, 0.5) is 25.0 Å². The molecule has 0 atom stereocenters. The molecule has 46 heavy (non-hydrogen) atoms. The van der Waals surface area contributed by atoms with Gasteiger partial charge < -0.3 is 29.6 Å². The van der Waals surface area contributed by atoms with Crippen LogP contribution in [0.2, 0.25) is 5.02 Å². The lowest BCUT2D eigenvalue weighted by atomic mass is 10.0. The van der Waals surface area contributed by atoms with E-state index >= 15 is 0 Å². The third-order valence-electron chi connectivity index (χ3n) is 6.92. The van der Waals surface area contributed by atoms with E-state index in [1.807, 2.05) is 0 Å². The molecule has 0 heterocycles. The second-order valence-corrected chi connectivity index (χ2v) is 12.0. The smallest absolute Gasteiger partial charge is 0.319 e. The van der Waals surface area contributed by atoms with Gasteiger partial charge in [-0.25, -0.2) is 22.0 Å². The molecule has 2 amide bonds. The maximum atomic E-state index is 14.7. The number of nitrogens with one attached hydrogen (secondary N) is 2. The van der Waals surface area contributed by atoms with Gasteiger partial charge in [-0.3, -0.25) is 4.31 Å². The maximum absolute atomic E-state index is 14.7. The summed E-state index contributed by atoms with van der Waals surface area (Å²) in [5.74, 6) is -0.251. The molecule has 0 saturated heterocycles. The summed E-state index contributed by atoms with van der Waals surface area (Å²) in [5, 5.41) is 5.53. The highest BCUT2D eigenvalue weighted by Crippen LogP contribution is 2.35. The van der Waals surface area contributed by atoms with Gasteiger partial charge in [0.1, 0.15) is 11.6 Å². The van der Waals surface area contributed by atoms with Crippen LogP contribution in [0, 0.1) is 11.6 Å². The first-order chi connectivity index (χ1) is 22.0. The molecule has 10 nitrogen and oxygen atoms in total. The molecule has 0 aliphatic rings. The van der Waals surface area contributed by atoms with Crippen molar-refractivity contribution in [3.8, 4) is 23.0 Å². The van der Waals surface area contributed by atoms with Gasteiger partial charge in [0.15, 0.2) is 23.0 Å². The van der Waals surface area contributed by atoms with E-state index < -0.39 is 27.7 Å². The number of urea groups is 1. The highest BCUT2D eigenvalue weighted by molar-refractivity contribution is 7.92. The molecule has 2 N–H and O–H groups in total. The fraction of sp³-hybridized carbons (Fsp3) is 0.219. The molecule has 0 aromatic heterocycles. The number of ether oxygens (including phenoxy) is 4. The molecular formula is C32H32ClF2N3O7S. The summed E-state index contributed by atoms with van der Waals surface area (Å²) in [5.41, 5.74) is 0.470. The fourth-order valence-electron chi connectivity index (χ4n) is 4.67. The zero-order chi connectivity index (χ0) is 33.4. The molecule has 0 bridgehead atoms. The minimum Gasteiger partial charge on any atom is -0.493 e. The van der Waals surface area contributed by atoms with Crippen molar-refractivity contribution >= 4 is 39.0 Å². The second kappa shape index (κ2) is 15.0. The average molecular weight is 676 g/mol. The molecule has 14 heteroatoms. The fourth-order valence-corrected chi connectivity index (χ4v) is 6.38. The predicted octanol–water partition coefficient (Wildman–Crippen LogP) is 6.26. The van der Waals surface area contributed by atoms with Gasteiger partial charge in [0.2, 0.25) is 0 Å². The Kier molecular flexibility index (Phi) is 11.1. The topological polar surface area (TPSA) is 115 Å². The van der Waals surface area contributed by atoms with Crippen LogP contribution in [0.1, 0.15) is 11.1 Å². The Bertz CT molecular complexity index is 1810. The Morgan fingerprint density at radius 3 is 2.04 bits per heavy atom. The van der Waals surface area contributed by atoms with Crippen molar-refractivity contribution < 1.29 is 40.9 Å². The summed E-state index contributed by atoms with van der Waals surface area (Å²) in [6, 6.07) is 16.1. The van der Waals surface area contributed by atoms with Crippen molar-refractivity contribution in [2.24, 2.45) is 0 Å².